The summed E-state index contributed by atoms with van der Waals surface area (Å²) in [4.78, 5) is 14.8. The van der Waals surface area contributed by atoms with Gasteiger partial charge in [-0.05, 0) is 24.8 Å². The minimum Gasteiger partial charge on any atom is -0.300 e. The molecule has 1 atom stereocenters. The third-order valence-corrected chi connectivity index (χ3v) is 2.71. The maximum Gasteiger partial charge on any atom is 0.216 e. The number of pyridine rings is 1. The second-order valence-corrected chi connectivity index (χ2v) is 3.72. The largest absolute Gasteiger partial charge is 0.300 e. The van der Waals surface area contributed by atoms with Crippen LogP contribution in [0.4, 0.5) is 4.39 Å². The number of hydrogen-bond donors (Lipinski definition) is 0. The van der Waals surface area contributed by atoms with Gasteiger partial charge in [-0.15, -0.1) is 0 Å². The highest BCUT2D eigenvalue weighted by Crippen LogP contribution is 2.31. The number of aromatic nitrogens is 1. The monoisotopic (exact) mass is 193 g/mol. The summed E-state index contributed by atoms with van der Waals surface area (Å²) in [6, 6.07) is 3.45. The van der Waals surface area contributed by atoms with Crippen molar-refractivity contribution in [2.45, 2.75) is 31.6 Å². The number of ketones is 1. The van der Waals surface area contributed by atoms with Gasteiger partial charge in [0.1, 0.15) is 5.78 Å². The van der Waals surface area contributed by atoms with Crippen LogP contribution in [0, 0.1) is 5.95 Å². The number of nitrogens with zero attached hydrogens (tertiary/aromatic N) is 1. The van der Waals surface area contributed by atoms with Gasteiger partial charge in [-0.1, -0.05) is 6.07 Å². The third-order valence-electron chi connectivity index (χ3n) is 2.71. The zero-order valence-corrected chi connectivity index (χ0v) is 7.87. The predicted octanol–water partition coefficient (Wildman–Crippen LogP) is 2.45. The maximum absolute atomic E-state index is 13.3. The first-order valence-electron chi connectivity index (χ1n) is 4.89. The smallest absolute Gasteiger partial charge is 0.216 e. The topological polar surface area (TPSA) is 30.0 Å². The summed E-state index contributed by atoms with van der Waals surface area (Å²) in [6.07, 6.45) is 4.33. The van der Waals surface area contributed by atoms with Crippen molar-refractivity contribution in [2.24, 2.45) is 0 Å². The zero-order chi connectivity index (χ0) is 9.97. The summed E-state index contributed by atoms with van der Waals surface area (Å²) in [5.74, 6) is -0.137. The minimum atomic E-state index is -0.424. The van der Waals surface area contributed by atoms with Crippen molar-refractivity contribution in [3.63, 3.8) is 0 Å². The Hall–Kier alpha value is -1.25. The van der Waals surface area contributed by atoms with E-state index in [1.807, 2.05) is 0 Å². The first-order valence-corrected chi connectivity index (χ1v) is 4.89. The van der Waals surface area contributed by atoms with E-state index in [0.717, 1.165) is 12.8 Å². The van der Waals surface area contributed by atoms with Crippen LogP contribution in [-0.4, -0.2) is 10.8 Å². The van der Waals surface area contributed by atoms with Crippen LogP contribution in [0.2, 0.25) is 0 Å². The molecule has 1 aromatic rings. The summed E-state index contributed by atoms with van der Waals surface area (Å²) in [5.41, 5.74) is 0.598. The zero-order valence-electron chi connectivity index (χ0n) is 7.87. The van der Waals surface area contributed by atoms with Crippen LogP contribution in [0.5, 0.6) is 0 Å². The van der Waals surface area contributed by atoms with E-state index >= 15 is 0 Å². The van der Waals surface area contributed by atoms with E-state index < -0.39 is 5.95 Å². The fourth-order valence-electron chi connectivity index (χ4n) is 1.99. The minimum absolute atomic E-state index is 0.0462. The van der Waals surface area contributed by atoms with E-state index in [4.69, 9.17) is 0 Å². The molecule has 3 heteroatoms. The molecule has 0 aliphatic heterocycles. The standard InChI is InChI=1S/C11H12FNO/c12-11-10(5-2-6-13-11)8-3-1-4-9(14)7-8/h2,5-6,8H,1,3-4,7H2/t8-/m0/s1. The summed E-state index contributed by atoms with van der Waals surface area (Å²) in [7, 11) is 0. The molecule has 1 aromatic heterocycles. The Bertz CT molecular complexity index is 351. The SMILES string of the molecule is O=C1CCC[C@H](c2cccnc2F)C1. The molecule has 74 valence electrons. The highest BCUT2D eigenvalue weighted by molar-refractivity contribution is 5.80. The number of rotatable bonds is 1. The van der Waals surface area contributed by atoms with Crippen molar-refractivity contribution < 1.29 is 9.18 Å². The molecule has 0 N–H and O–H groups in total. The summed E-state index contributed by atoms with van der Waals surface area (Å²) < 4.78 is 13.3. The van der Waals surface area contributed by atoms with E-state index in [9.17, 15) is 9.18 Å². The average Bonchev–Trinajstić information content (AvgIpc) is 2.18. The quantitative estimate of drug-likeness (QED) is 0.641. The van der Waals surface area contributed by atoms with Crippen molar-refractivity contribution in [3.05, 3.63) is 29.8 Å². The Labute approximate surface area is 82.2 Å². The molecule has 1 fully saturated rings. The number of carbonyl (C=O) groups excluding carboxylic acids is 1. The molecular weight excluding hydrogens is 181 g/mol. The molecule has 0 radical (unpaired) electrons. The van der Waals surface area contributed by atoms with Crippen molar-refractivity contribution in [1.29, 1.82) is 0 Å². The summed E-state index contributed by atoms with van der Waals surface area (Å²) in [5, 5.41) is 0. The van der Waals surface area contributed by atoms with Crippen LogP contribution in [0.3, 0.4) is 0 Å². The van der Waals surface area contributed by atoms with Crippen LogP contribution in [0.15, 0.2) is 18.3 Å². The van der Waals surface area contributed by atoms with Gasteiger partial charge >= 0.3 is 0 Å². The van der Waals surface area contributed by atoms with Crippen molar-refractivity contribution in [1.82, 2.24) is 4.98 Å². The summed E-state index contributed by atoms with van der Waals surface area (Å²) >= 11 is 0. The van der Waals surface area contributed by atoms with E-state index in [2.05, 4.69) is 4.98 Å². The van der Waals surface area contributed by atoms with Crippen molar-refractivity contribution >= 4 is 5.78 Å². The van der Waals surface area contributed by atoms with Crippen LogP contribution >= 0.6 is 0 Å². The highest BCUT2D eigenvalue weighted by atomic mass is 19.1. The molecule has 0 spiro atoms. The van der Waals surface area contributed by atoms with Gasteiger partial charge in [0, 0.05) is 24.6 Å². The molecule has 1 aliphatic rings. The lowest BCUT2D eigenvalue weighted by Gasteiger charge is -2.20. The first-order chi connectivity index (χ1) is 6.77. The van der Waals surface area contributed by atoms with E-state index in [1.165, 1.54) is 6.20 Å². The van der Waals surface area contributed by atoms with Gasteiger partial charge in [-0.2, -0.15) is 4.39 Å². The maximum atomic E-state index is 13.3. The number of hydrogen-bond acceptors (Lipinski definition) is 2. The molecule has 2 nitrogen and oxygen atoms in total. The Kier molecular flexibility index (Phi) is 2.57. The second-order valence-electron chi connectivity index (χ2n) is 3.72. The lowest BCUT2D eigenvalue weighted by molar-refractivity contribution is -0.120. The molecule has 1 aliphatic carbocycles. The third kappa shape index (κ3) is 1.81. The molecule has 1 saturated carbocycles. The van der Waals surface area contributed by atoms with Gasteiger partial charge in [-0.3, -0.25) is 4.79 Å². The van der Waals surface area contributed by atoms with E-state index in [-0.39, 0.29) is 11.7 Å². The molecule has 0 amide bonds. The Morgan fingerprint density at radius 3 is 3.07 bits per heavy atom. The number of carbonyl (C=O) groups is 1. The molecular formula is C11H12FNO. The first kappa shape index (κ1) is 9.31. The Balaban J connectivity index is 2.22. The van der Waals surface area contributed by atoms with Gasteiger partial charge in [-0.25, -0.2) is 4.98 Å². The fraction of sp³-hybridized carbons (Fsp3) is 0.455. The van der Waals surface area contributed by atoms with Crippen LogP contribution in [0.1, 0.15) is 37.2 Å². The fourth-order valence-corrected chi connectivity index (χ4v) is 1.99. The Morgan fingerprint density at radius 2 is 2.36 bits per heavy atom. The van der Waals surface area contributed by atoms with Gasteiger partial charge in [0.2, 0.25) is 5.95 Å². The van der Waals surface area contributed by atoms with Gasteiger partial charge in [0.25, 0.3) is 0 Å². The Morgan fingerprint density at radius 1 is 1.50 bits per heavy atom. The van der Waals surface area contributed by atoms with E-state index in [0.29, 0.717) is 18.4 Å². The molecule has 1 heterocycles. The van der Waals surface area contributed by atoms with Gasteiger partial charge in [0.05, 0.1) is 0 Å². The normalized spacial score (nSPS) is 22.4. The summed E-state index contributed by atoms with van der Waals surface area (Å²) in [6.45, 7) is 0. The molecule has 0 aromatic carbocycles. The van der Waals surface area contributed by atoms with Crippen LogP contribution in [0.25, 0.3) is 0 Å². The number of Topliss-reactive ketones (excluding diaryl/α,β-unsaturated/α-hetero) is 1. The van der Waals surface area contributed by atoms with Crippen LogP contribution in [-0.2, 0) is 4.79 Å². The van der Waals surface area contributed by atoms with Crippen LogP contribution < -0.4 is 0 Å². The molecule has 0 saturated heterocycles. The van der Waals surface area contributed by atoms with Gasteiger partial charge < -0.3 is 0 Å². The molecule has 0 bridgehead atoms. The molecule has 2 rings (SSSR count). The average molecular weight is 193 g/mol. The van der Waals surface area contributed by atoms with E-state index in [1.54, 1.807) is 12.1 Å². The lowest BCUT2D eigenvalue weighted by atomic mass is 9.84. The second kappa shape index (κ2) is 3.86. The predicted molar refractivity (Wildman–Crippen MR) is 50.4 cm³/mol. The number of halogens is 1. The molecule has 0 unspecified atom stereocenters. The van der Waals surface area contributed by atoms with Crippen molar-refractivity contribution in [2.75, 3.05) is 0 Å². The molecule has 14 heavy (non-hydrogen) atoms. The van der Waals surface area contributed by atoms with Crippen molar-refractivity contribution in [3.8, 4) is 0 Å². The van der Waals surface area contributed by atoms with Gasteiger partial charge in [0.15, 0.2) is 0 Å². The lowest BCUT2D eigenvalue weighted by Crippen LogP contribution is -2.14. The highest BCUT2D eigenvalue weighted by Gasteiger charge is 2.23.